The van der Waals surface area contributed by atoms with Crippen LogP contribution in [0.5, 0.6) is 0 Å². The fourth-order valence-corrected chi connectivity index (χ4v) is 4.26. The molecule has 18 heavy (non-hydrogen) atoms. The van der Waals surface area contributed by atoms with E-state index in [1.807, 2.05) is 20.9 Å². The van der Waals surface area contributed by atoms with E-state index in [-0.39, 0.29) is 35.7 Å². The van der Waals surface area contributed by atoms with Gasteiger partial charge in [0, 0.05) is 24.2 Å². The van der Waals surface area contributed by atoms with Crippen molar-refractivity contribution in [3.05, 3.63) is 0 Å². The first-order chi connectivity index (χ1) is 8.23. The van der Waals surface area contributed by atoms with Gasteiger partial charge in [0.15, 0.2) is 9.84 Å². The fourth-order valence-electron chi connectivity index (χ4n) is 2.68. The van der Waals surface area contributed by atoms with Crippen molar-refractivity contribution in [2.75, 3.05) is 31.7 Å². The summed E-state index contributed by atoms with van der Waals surface area (Å²) in [6, 6.07) is 0.304. The van der Waals surface area contributed by atoms with Crippen LogP contribution >= 0.6 is 0 Å². The largest absolute Gasteiger partial charge is 0.394 e. The standard InChI is InChI=1S/C12H26N2O3S/c1-10(7-12(3,9-15)13-4)14-5-6-18(16,17)8-11(14)2/h10-11,13,15H,5-9H2,1-4H3. The summed E-state index contributed by atoms with van der Waals surface area (Å²) in [5, 5.41) is 12.5. The Labute approximate surface area is 110 Å². The Hall–Kier alpha value is -0.170. The quantitative estimate of drug-likeness (QED) is 0.732. The molecule has 6 heteroatoms. The van der Waals surface area contributed by atoms with E-state index >= 15 is 0 Å². The van der Waals surface area contributed by atoms with Crippen LogP contribution in [0, 0.1) is 0 Å². The van der Waals surface area contributed by atoms with Crippen molar-refractivity contribution in [1.29, 1.82) is 0 Å². The van der Waals surface area contributed by atoms with Gasteiger partial charge in [-0.15, -0.1) is 0 Å². The second kappa shape index (κ2) is 5.86. The first-order valence-corrected chi connectivity index (χ1v) is 8.31. The van der Waals surface area contributed by atoms with Crippen LogP contribution in [0.15, 0.2) is 0 Å². The van der Waals surface area contributed by atoms with Crippen molar-refractivity contribution < 1.29 is 13.5 Å². The number of nitrogens with zero attached hydrogens (tertiary/aromatic N) is 1. The van der Waals surface area contributed by atoms with E-state index in [0.717, 1.165) is 6.42 Å². The summed E-state index contributed by atoms with van der Waals surface area (Å²) in [6.07, 6.45) is 0.796. The zero-order valence-corrected chi connectivity index (χ0v) is 12.6. The Bertz CT molecular complexity index is 366. The third kappa shape index (κ3) is 3.91. The van der Waals surface area contributed by atoms with Gasteiger partial charge in [0.1, 0.15) is 0 Å². The van der Waals surface area contributed by atoms with Gasteiger partial charge in [0.05, 0.1) is 18.1 Å². The van der Waals surface area contributed by atoms with Crippen LogP contribution in [0.1, 0.15) is 27.2 Å². The van der Waals surface area contributed by atoms with Crippen LogP contribution in [0.2, 0.25) is 0 Å². The highest BCUT2D eigenvalue weighted by molar-refractivity contribution is 7.91. The van der Waals surface area contributed by atoms with E-state index in [1.54, 1.807) is 0 Å². The molecule has 1 saturated heterocycles. The SMILES string of the molecule is CNC(C)(CO)CC(C)N1CCS(=O)(=O)CC1C. The van der Waals surface area contributed by atoms with Crippen LogP contribution in [-0.4, -0.2) is 67.8 Å². The van der Waals surface area contributed by atoms with Gasteiger partial charge in [-0.2, -0.15) is 0 Å². The van der Waals surface area contributed by atoms with Crippen LogP contribution in [0.25, 0.3) is 0 Å². The number of hydrogen-bond acceptors (Lipinski definition) is 5. The molecule has 3 atom stereocenters. The highest BCUT2D eigenvalue weighted by Gasteiger charge is 2.34. The lowest BCUT2D eigenvalue weighted by Crippen LogP contribution is -2.55. The highest BCUT2D eigenvalue weighted by Crippen LogP contribution is 2.21. The molecule has 2 N–H and O–H groups in total. The average Bonchev–Trinajstić information content (AvgIpc) is 2.27. The molecular weight excluding hydrogens is 252 g/mol. The zero-order chi connectivity index (χ0) is 14.0. The molecule has 5 nitrogen and oxygen atoms in total. The molecule has 108 valence electrons. The predicted octanol–water partition coefficient (Wildman–Crippen LogP) is -0.146. The highest BCUT2D eigenvalue weighted by atomic mass is 32.2. The normalized spacial score (nSPS) is 29.7. The maximum Gasteiger partial charge on any atom is 0.153 e. The van der Waals surface area contributed by atoms with E-state index < -0.39 is 9.84 Å². The molecule has 1 aliphatic rings. The van der Waals surface area contributed by atoms with E-state index in [1.165, 1.54) is 0 Å². The Morgan fingerprint density at radius 3 is 2.61 bits per heavy atom. The van der Waals surface area contributed by atoms with Crippen molar-refractivity contribution in [3.63, 3.8) is 0 Å². The number of hydrogen-bond donors (Lipinski definition) is 2. The summed E-state index contributed by atoms with van der Waals surface area (Å²) in [5.74, 6) is 0.490. The summed E-state index contributed by atoms with van der Waals surface area (Å²) >= 11 is 0. The summed E-state index contributed by atoms with van der Waals surface area (Å²) in [7, 11) is -1.02. The first kappa shape index (κ1) is 15.9. The van der Waals surface area contributed by atoms with Crippen molar-refractivity contribution in [1.82, 2.24) is 10.2 Å². The number of likely N-dealkylation sites (N-methyl/N-ethyl adjacent to an activating group) is 1. The topological polar surface area (TPSA) is 69.6 Å². The van der Waals surface area contributed by atoms with Gasteiger partial charge in [-0.05, 0) is 34.2 Å². The molecule has 0 aliphatic carbocycles. The number of rotatable bonds is 5. The van der Waals surface area contributed by atoms with E-state index in [2.05, 4.69) is 17.1 Å². The molecule has 1 aliphatic heterocycles. The average molecular weight is 278 g/mol. The molecule has 0 amide bonds. The first-order valence-electron chi connectivity index (χ1n) is 6.49. The summed E-state index contributed by atoms with van der Waals surface area (Å²) in [6.45, 7) is 6.71. The fraction of sp³-hybridized carbons (Fsp3) is 1.00. The van der Waals surface area contributed by atoms with Crippen molar-refractivity contribution in [2.45, 2.75) is 44.8 Å². The van der Waals surface area contributed by atoms with E-state index in [4.69, 9.17) is 0 Å². The molecule has 1 rings (SSSR count). The maximum atomic E-state index is 11.5. The minimum absolute atomic E-state index is 0.0542. The van der Waals surface area contributed by atoms with Crippen LogP contribution in [0.4, 0.5) is 0 Å². The maximum absolute atomic E-state index is 11.5. The molecule has 3 unspecified atom stereocenters. The van der Waals surface area contributed by atoms with E-state index in [0.29, 0.717) is 6.54 Å². The third-order valence-electron chi connectivity index (χ3n) is 3.99. The summed E-state index contributed by atoms with van der Waals surface area (Å²) in [5.41, 5.74) is -0.310. The molecule has 0 aromatic rings. The summed E-state index contributed by atoms with van der Waals surface area (Å²) < 4.78 is 23.1. The number of sulfone groups is 1. The second-order valence-corrected chi connectivity index (χ2v) is 7.95. The van der Waals surface area contributed by atoms with Crippen LogP contribution < -0.4 is 5.32 Å². The molecule has 0 bridgehead atoms. The lowest BCUT2D eigenvalue weighted by molar-refractivity contribution is 0.103. The van der Waals surface area contributed by atoms with Gasteiger partial charge in [-0.1, -0.05) is 0 Å². The van der Waals surface area contributed by atoms with Gasteiger partial charge >= 0.3 is 0 Å². The minimum atomic E-state index is -2.86. The Balaban J connectivity index is 2.65. The summed E-state index contributed by atoms with van der Waals surface area (Å²) in [4.78, 5) is 2.23. The van der Waals surface area contributed by atoms with Crippen molar-refractivity contribution in [3.8, 4) is 0 Å². The predicted molar refractivity (Wildman–Crippen MR) is 73.5 cm³/mol. The van der Waals surface area contributed by atoms with E-state index in [9.17, 15) is 13.5 Å². The minimum Gasteiger partial charge on any atom is -0.394 e. The molecule has 1 fully saturated rings. The van der Waals surface area contributed by atoms with Crippen molar-refractivity contribution in [2.24, 2.45) is 0 Å². The lowest BCUT2D eigenvalue weighted by Gasteiger charge is -2.41. The Morgan fingerprint density at radius 2 is 2.17 bits per heavy atom. The lowest BCUT2D eigenvalue weighted by atomic mass is 9.93. The molecule has 0 aromatic heterocycles. The molecule has 0 spiro atoms. The molecule has 0 radical (unpaired) electrons. The van der Waals surface area contributed by atoms with Gasteiger partial charge in [-0.3, -0.25) is 4.90 Å². The van der Waals surface area contributed by atoms with Crippen LogP contribution in [0.3, 0.4) is 0 Å². The smallest absolute Gasteiger partial charge is 0.153 e. The number of aliphatic hydroxyl groups excluding tert-OH is 1. The number of nitrogens with one attached hydrogen (secondary N) is 1. The molecule has 0 aromatic carbocycles. The number of aliphatic hydroxyl groups is 1. The Morgan fingerprint density at radius 1 is 1.56 bits per heavy atom. The monoisotopic (exact) mass is 278 g/mol. The van der Waals surface area contributed by atoms with Crippen LogP contribution in [-0.2, 0) is 9.84 Å². The Kier molecular flexibility index (Phi) is 5.17. The molecule has 1 heterocycles. The van der Waals surface area contributed by atoms with Gasteiger partial charge in [-0.25, -0.2) is 8.42 Å². The molecular formula is C12H26N2O3S. The van der Waals surface area contributed by atoms with Crippen molar-refractivity contribution >= 4 is 9.84 Å². The van der Waals surface area contributed by atoms with Gasteiger partial charge < -0.3 is 10.4 Å². The van der Waals surface area contributed by atoms with Gasteiger partial charge in [0.25, 0.3) is 0 Å². The van der Waals surface area contributed by atoms with Gasteiger partial charge in [0.2, 0.25) is 0 Å². The second-order valence-electron chi connectivity index (χ2n) is 5.72. The zero-order valence-electron chi connectivity index (χ0n) is 11.8. The molecule has 0 saturated carbocycles. The third-order valence-corrected chi connectivity index (χ3v) is 5.78.